The largest absolute Gasteiger partial charge is 0.336 e. The van der Waals surface area contributed by atoms with Crippen LogP contribution in [0.3, 0.4) is 0 Å². The SMILES string of the molecule is O=C(NC[C@@H](c1cccs1)S(=O)(=O)c1cccs1)Nc1ccc(Cl)cc1. The van der Waals surface area contributed by atoms with Gasteiger partial charge in [-0.2, -0.15) is 0 Å². The molecular weight excluding hydrogens is 412 g/mol. The van der Waals surface area contributed by atoms with Crippen LogP contribution in [0.25, 0.3) is 0 Å². The number of hydrogen-bond donors (Lipinski definition) is 2. The minimum absolute atomic E-state index is 0.0276. The number of anilines is 1. The second kappa shape index (κ2) is 8.22. The zero-order valence-electron chi connectivity index (χ0n) is 13.4. The quantitative estimate of drug-likeness (QED) is 0.594. The van der Waals surface area contributed by atoms with E-state index in [0.29, 0.717) is 15.6 Å². The van der Waals surface area contributed by atoms with Gasteiger partial charge in [-0.05, 0) is 47.2 Å². The second-order valence-electron chi connectivity index (χ2n) is 5.32. The molecule has 2 amide bonds. The van der Waals surface area contributed by atoms with E-state index in [4.69, 9.17) is 11.6 Å². The Hall–Kier alpha value is -1.87. The Morgan fingerprint density at radius 3 is 2.35 bits per heavy atom. The number of thiophene rings is 2. The van der Waals surface area contributed by atoms with Crippen molar-refractivity contribution in [1.29, 1.82) is 0 Å². The highest BCUT2D eigenvalue weighted by Crippen LogP contribution is 2.33. The molecule has 0 aliphatic heterocycles. The van der Waals surface area contributed by atoms with E-state index in [1.165, 1.54) is 22.7 Å². The topological polar surface area (TPSA) is 75.3 Å². The summed E-state index contributed by atoms with van der Waals surface area (Å²) in [7, 11) is -3.59. The van der Waals surface area contributed by atoms with Gasteiger partial charge in [0.2, 0.25) is 0 Å². The first kappa shape index (κ1) is 18.9. The number of carbonyl (C=O) groups excluding carboxylic acids is 1. The van der Waals surface area contributed by atoms with Gasteiger partial charge in [-0.25, -0.2) is 13.2 Å². The molecule has 1 atom stereocenters. The van der Waals surface area contributed by atoms with Crippen molar-refractivity contribution in [2.24, 2.45) is 0 Å². The third-order valence-electron chi connectivity index (χ3n) is 3.56. The van der Waals surface area contributed by atoms with Crippen LogP contribution in [0.1, 0.15) is 10.1 Å². The van der Waals surface area contributed by atoms with Crippen LogP contribution in [0.5, 0.6) is 0 Å². The van der Waals surface area contributed by atoms with Gasteiger partial charge < -0.3 is 10.6 Å². The van der Waals surface area contributed by atoms with Crippen molar-refractivity contribution in [3.05, 3.63) is 69.2 Å². The molecule has 0 unspecified atom stereocenters. The number of halogens is 1. The molecule has 0 spiro atoms. The van der Waals surface area contributed by atoms with Crippen LogP contribution in [-0.2, 0) is 9.84 Å². The zero-order valence-corrected chi connectivity index (χ0v) is 16.6. The summed E-state index contributed by atoms with van der Waals surface area (Å²) in [5, 5.41) is 8.58. The molecule has 136 valence electrons. The molecule has 3 rings (SSSR count). The molecule has 0 bridgehead atoms. The maximum absolute atomic E-state index is 12.9. The average Bonchev–Trinajstić information content (AvgIpc) is 3.30. The summed E-state index contributed by atoms with van der Waals surface area (Å²) >= 11 is 8.34. The predicted molar refractivity (Wildman–Crippen MR) is 107 cm³/mol. The Bertz CT molecular complexity index is 953. The number of rotatable bonds is 6. The van der Waals surface area contributed by atoms with Gasteiger partial charge in [-0.3, -0.25) is 0 Å². The minimum Gasteiger partial charge on any atom is -0.336 e. The predicted octanol–water partition coefficient (Wildman–Crippen LogP) is 4.80. The number of urea groups is 1. The van der Waals surface area contributed by atoms with E-state index >= 15 is 0 Å². The van der Waals surface area contributed by atoms with E-state index in [-0.39, 0.29) is 10.8 Å². The molecule has 2 aromatic heterocycles. The monoisotopic (exact) mass is 426 g/mol. The molecule has 0 aliphatic carbocycles. The maximum Gasteiger partial charge on any atom is 0.319 e. The molecule has 1 aromatic carbocycles. The van der Waals surface area contributed by atoms with E-state index in [1.807, 2.05) is 5.38 Å². The van der Waals surface area contributed by atoms with Crippen molar-refractivity contribution < 1.29 is 13.2 Å². The first-order valence-corrected chi connectivity index (χ1v) is 11.3. The molecule has 0 saturated heterocycles. The summed E-state index contributed by atoms with van der Waals surface area (Å²) in [5.41, 5.74) is 0.570. The van der Waals surface area contributed by atoms with Crippen molar-refractivity contribution in [3.63, 3.8) is 0 Å². The van der Waals surface area contributed by atoms with Crippen molar-refractivity contribution >= 4 is 55.8 Å². The van der Waals surface area contributed by atoms with Crippen molar-refractivity contribution in [1.82, 2.24) is 5.32 Å². The molecular formula is C17H15ClN2O3S3. The lowest BCUT2D eigenvalue weighted by Gasteiger charge is -2.16. The minimum atomic E-state index is -3.59. The fourth-order valence-corrected chi connectivity index (χ4v) is 6.41. The van der Waals surface area contributed by atoms with Gasteiger partial charge in [0.25, 0.3) is 0 Å². The van der Waals surface area contributed by atoms with E-state index < -0.39 is 21.1 Å². The number of benzene rings is 1. The van der Waals surface area contributed by atoms with Crippen molar-refractivity contribution in [2.75, 3.05) is 11.9 Å². The van der Waals surface area contributed by atoms with Crippen LogP contribution in [0.15, 0.2) is 63.5 Å². The lowest BCUT2D eigenvalue weighted by atomic mass is 10.3. The Kier molecular flexibility index (Phi) is 5.98. The van der Waals surface area contributed by atoms with E-state index in [2.05, 4.69) is 10.6 Å². The molecule has 0 aliphatic rings. The van der Waals surface area contributed by atoms with Crippen LogP contribution >= 0.6 is 34.3 Å². The zero-order chi connectivity index (χ0) is 18.6. The van der Waals surface area contributed by atoms with Gasteiger partial charge in [-0.1, -0.05) is 23.7 Å². The van der Waals surface area contributed by atoms with Gasteiger partial charge in [0.05, 0.1) is 0 Å². The highest BCUT2D eigenvalue weighted by atomic mass is 35.5. The fraction of sp³-hybridized carbons (Fsp3) is 0.118. The van der Waals surface area contributed by atoms with Crippen molar-refractivity contribution in [3.8, 4) is 0 Å². The third kappa shape index (κ3) is 4.45. The van der Waals surface area contributed by atoms with E-state index in [1.54, 1.807) is 53.9 Å². The van der Waals surface area contributed by atoms with Gasteiger partial charge >= 0.3 is 6.03 Å². The number of hydrogen-bond acceptors (Lipinski definition) is 5. The number of sulfone groups is 1. The van der Waals surface area contributed by atoms with Gasteiger partial charge in [0.15, 0.2) is 9.84 Å². The molecule has 5 nitrogen and oxygen atoms in total. The van der Waals surface area contributed by atoms with E-state index in [9.17, 15) is 13.2 Å². The van der Waals surface area contributed by atoms with Gasteiger partial charge in [-0.15, -0.1) is 22.7 Å². The van der Waals surface area contributed by atoms with Crippen molar-refractivity contribution in [2.45, 2.75) is 9.46 Å². The maximum atomic E-state index is 12.9. The summed E-state index contributed by atoms with van der Waals surface area (Å²) in [5.74, 6) is 0. The molecule has 9 heteroatoms. The Labute approximate surface area is 164 Å². The van der Waals surface area contributed by atoms with Crippen LogP contribution in [0, 0.1) is 0 Å². The Morgan fingerprint density at radius 2 is 1.73 bits per heavy atom. The first-order chi connectivity index (χ1) is 12.5. The number of nitrogens with one attached hydrogen (secondary N) is 2. The average molecular weight is 427 g/mol. The van der Waals surface area contributed by atoms with Gasteiger partial charge in [0.1, 0.15) is 9.46 Å². The molecule has 2 heterocycles. The summed E-state index contributed by atoms with van der Waals surface area (Å²) in [6.07, 6.45) is 0. The molecule has 3 aromatic rings. The fourth-order valence-electron chi connectivity index (χ4n) is 2.30. The lowest BCUT2D eigenvalue weighted by Crippen LogP contribution is -2.34. The lowest BCUT2D eigenvalue weighted by molar-refractivity contribution is 0.252. The number of amides is 2. The molecule has 26 heavy (non-hydrogen) atoms. The Morgan fingerprint density at radius 1 is 1.04 bits per heavy atom. The first-order valence-electron chi connectivity index (χ1n) is 7.58. The smallest absolute Gasteiger partial charge is 0.319 e. The summed E-state index contributed by atoms with van der Waals surface area (Å²) < 4.78 is 26.1. The van der Waals surface area contributed by atoms with Crippen LogP contribution in [0.2, 0.25) is 5.02 Å². The Balaban J connectivity index is 1.73. The van der Waals surface area contributed by atoms with Crippen LogP contribution in [0.4, 0.5) is 10.5 Å². The summed E-state index contributed by atoms with van der Waals surface area (Å²) in [6.45, 7) is -0.0276. The highest BCUT2D eigenvalue weighted by molar-refractivity contribution is 7.93. The summed E-state index contributed by atoms with van der Waals surface area (Å²) in [6, 6.07) is 13.0. The summed E-state index contributed by atoms with van der Waals surface area (Å²) in [4.78, 5) is 12.8. The van der Waals surface area contributed by atoms with Gasteiger partial charge in [0, 0.05) is 22.1 Å². The molecule has 0 radical (unpaired) electrons. The molecule has 0 saturated carbocycles. The van der Waals surface area contributed by atoms with E-state index in [0.717, 1.165) is 0 Å². The standard InChI is InChI=1S/C17H15ClN2O3S3/c18-12-5-7-13(8-6-12)20-17(21)19-11-15(14-3-1-9-24-14)26(22,23)16-4-2-10-25-16/h1-10,15H,11H2,(H2,19,20,21)/t15-/m0/s1. The highest BCUT2D eigenvalue weighted by Gasteiger charge is 2.31. The second-order valence-corrected chi connectivity index (χ2v) is 10.0. The normalized spacial score (nSPS) is 12.5. The van der Waals surface area contributed by atoms with Crippen LogP contribution < -0.4 is 10.6 Å². The number of carbonyl (C=O) groups is 1. The van der Waals surface area contributed by atoms with Crippen LogP contribution in [-0.4, -0.2) is 21.0 Å². The molecule has 2 N–H and O–H groups in total. The molecule has 0 fully saturated rings. The third-order valence-corrected chi connectivity index (χ3v) is 8.46.